The predicted molar refractivity (Wildman–Crippen MR) is 85.3 cm³/mol. The van der Waals surface area contributed by atoms with Crippen molar-refractivity contribution < 1.29 is 4.79 Å². The number of carbonyl (C=O) groups excluding carboxylic acids is 1. The first-order valence-electron chi connectivity index (χ1n) is 7.68. The number of rotatable bonds is 4. The zero-order valence-corrected chi connectivity index (χ0v) is 12.6. The number of nitrogens with zero attached hydrogens (tertiary/aromatic N) is 2. The molecular weight excluding hydrogens is 262 g/mol. The fourth-order valence-corrected chi connectivity index (χ4v) is 2.96. The normalized spacial score (nSPS) is 15.0. The Morgan fingerprint density at radius 3 is 2.76 bits per heavy atom. The van der Waals surface area contributed by atoms with Crippen molar-refractivity contribution in [3.8, 4) is 0 Å². The van der Waals surface area contributed by atoms with Crippen LogP contribution in [-0.4, -0.2) is 15.5 Å². The molecule has 2 aromatic rings. The number of nitrogens with one attached hydrogen (secondary N) is 1. The molecule has 1 aliphatic rings. The number of carbonyl (C=O) groups is 1. The molecule has 0 saturated heterocycles. The lowest BCUT2D eigenvalue weighted by Crippen LogP contribution is -2.20. The summed E-state index contributed by atoms with van der Waals surface area (Å²) >= 11 is 0. The maximum absolute atomic E-state index is 12.2. The monoisotopic (exact) mass is 283 g/mol. The second-order valence-electron chi connectivity index (χ2n) is 5.46. The topological polar surface area (TPSA) is 46.9 Å². The smallest absolute Gasteiger partial charge is 0.228 e. The van der Waals surface area contributed by atoms with Gasteiger partial charge in [-0.05, 0) is 38.0 Å². The molecule has 1 aromatic heterocycles. The molecule has 0 atom stereocenters. The number of fused-ring (bicyclic) bond motifs is 1. The Morgan fingerprint density at radius 2 is 2.10 bits per heavy atom. The van der Waals surface area contributed by atoms with Crippen molar-refractivity contribution in [2.45, 2.75) is 39.7 Å². The highest BCUT2D eigenvalue weighted by Gasteiger charge is 2.19. The molecule has 3 rings (SSSR count). The maximum atomic E-state index is 12.2. The van der Waals surface area contributed by atoms with Crippen molar-refractivity contribution in [2.75, 3.05) is 5.32 Å². The van der Waals surface area contributed by atoms with Gasteiger partial charge in [-0.1, -0.05) is 19.1 Å². The van der Waals surface area contributed by atoms with Gasteiger partial charge in [-0.3, -0.25) is 4.79 Å². The molecule has 0 fully saturated rings. The largest absolute Gasteiger partial charge is 0.328 e. The first-order chi connectivity index (χ1) is 10.2. The van der Waals surface area contributed by atoms with Gasteiger partial charge in [0.25, 0.3) is 0 Å². The molecule has 1 aliphatic carbocycles. The van der Waals surface area contributed by atoms with Crippen molar-refractivity contribution in [1.29, 1.82) is 0 Å². The van der Waals surface area contributed by atoms with E-state index in [1.165, 1.54) is 0 Å². The van der Waals surface area contributed by atoms with Crippen molar-refractivity contribution in [1.82, 2.24) is 9.55 Å². The van der Waals surface area contributed by atoms with E-state index < -0.39 is 0 Å². The number of benzene rings is 1. The summed E-state index contributed by atoms with van der Waals surface area (Å²) in [6.45, 7) is 5.16. The van der Waals surface area contributed by atoms with Crippen molar-refractivity contribution in [3.63, 3.8) is 0 Å². The van der Waals surface area contributed by atoms with Gasteiger partial charge in [0, 0.05) is 24.6 Å². The Labute approximate surface area is 124 Å². The van der Waals surface area contributed by atoms with E-state index in [0.29, 0.717) is 0 Å². The lowest BCUT2D eigenvalue weighted by molar-refractivity contribution is -0.119. The Morgan fingerprint density at radius 1 is 1.33 bits per heavy atom. The standard InChI is InChI=1S/C17H21N3O/c1-3-16-19-14-11-13(9-10-15(14)20(16)4-2)18-17(21)12-7-5-6-8-12/h5-6,9-12H,3-4,7-8H2,1-2H3,(H,18,21). The maximum Gasteiger partial charge on any atom is 0.228 e. The first kappa shape index (κ1) is 13.9. The van der Waals surface area contributed by atoms with Crippen LogP contribution >= 0.6 is 0 Å². The Kier molecular flexibility index (Phi) is 3.78. The summed E-state index contributed by atoms with van der Waals surface area (Å²) in [5, 5.41) is 3.01. The molecule has 110 valence electrons. The van der Waals surface area contributed by atoms with Crippen LogP contribution < -0.4 is 5.32 Å². The summed E-state index contributed by atoms with van der Waals surface area (Å²) < 4.78 is 2.22. The molecule has 1 N–H and O–H groups in total. The lowest BCUT2D eigenvalue weighted by Gasteiger charge is -2.10. The molecule has 4 nitrogen and oxygen atoms in total. The van der Waals surface area contributed by atoms with Gasteiger partial charge in [-0.25, -0.2) is 4.98 Å². The van der Waals surface area contributed by atoms with E-state index >= 15 is 0 Å². The van der Waals surface area contributed by atoms with E-state index in [4.69, 9.17) is 0 Å². The zero-order chi connectivity index (χ0) is 14.8. The fraction of sp³-hybridized carbons (Fsp3) is 0.412. The highest BCUT2D eigenvalue weighted by molar-refractivity contribution is 5.95. The quantitative estimate of drug-likeness (QED) is 0.873. The number of hydrogen-bond donors (Lipinski definition) is 1. The molecule has 0 saturated carbocycles. The molecule has 1 aromatic carbocycles. The van der Waals surface area contributed by atoms with Gasteiger partial charge in [0.2, 0.25) is 5.91 Å². The van der Waals surface area contributed by atoms with Crippen LogP contribution in [0.4, 0.5) is 5.69 Å². The summed E-state index contributed by atoms with van der Waals surface area (Å²) in [7, 11) is 0. The van der Waals surface area contributed by atoms with Crippen LogP contribution in [0.5, 0.6) is 0 Å². The van der Waals surface area contributed by atoms with Crippen molar-refractivity contribution in [3.05, 3.63) is 36.2 Å². The van der Waals surface area contributed by atoms with E-state index in [1.54, 1.807) is 0 Å². The van der Waals surface area contributed by atoms with E-state index in [9.17, 15) is 4.79 Å². The first-order valence-corrected chi connectivity index (χ1v) is 7.68. The minimum absolute atomic E-state index is 0.0834. The van der Waals surface area contributed by atoms with Gasteiger partial charge < -0.3 is 9.88 Å². The van der Waals surface area contributed by atoms with Gasteiger partial charge in [-0.2, -0.15) is 0 Å². The predicted octanol–water partition coefficient (Wildman–Crippen LogP) is 3.52. The zero-order valence-electron chi connectivity index (χ0n) is 12.6. The molecule has 0 radical (unpaired) electrons. The number of aryl methyl sites for hydroxylation is 2. The number of amides is 1. The van der Waals surface area contributed by atoms with E-state index in [1.807, 2.05) is 18.2 Å². The van der Waals surface area contributed by atoms with Gasteiger partial charge in [0.15, 0.2) is 0 Å². The number of aromatic nitrogens is 2. The summed E-state index contributed by atoms with van der Waals surface area (Å²) in [4.78, 5) is 16.8. The van der Waals surface area contributed by atoms with Gasteiger partial charge >= 0.3 is 0 Å². The van der Waals surface area contributed by atoms with Crippen LogP contribution in [0.1, 0.15) is 32.5 Å². The number of anilines is 1. The summed E-state index contributed by atoms with van der Waals surface area (Å²) in [5.74, 6) is 1.28. The SMILES string of the molecule is CCc1nc2cc(NC(=O)C3CC=CC3)ccc2n1CC. The summed E-state index contributed by atoms with van der Waals surface area (Å²) in [5.41, 5.74) is 2.92. The van der Waals surface area contributed by atoms with E-state index in [0.717, 1.165) is 48.4 Å². The van der Waals surface area contributed by atoms with Gasteiger partial charge in [0.05, 0.1) is 11.0 Å². The van der Waals surface area contributed by atoms with Gasteiger partial charge in [0.1, 0.15) is 5.82 Å². The number of hydrogen-bond acceptors (Lipinski definition) is 2. The average molecular weight is 283 g/mol. The molecule has 1 heterocycles. The Hall–Kier alpha value is -2.10. The van der Waals surface area contributed by atoms with Gasteiger partial charge in [-0.15, -0.1) is 0 Å². The number of allylic oxidation sites excluding steroid dienone is 2. The molecule has 4 heteroatoms. The van der Waals surface area contributed by atoms with Crippen LogP contribution in [0.15, 0.2) is 30.4 Å². The molecular formula is C17H21N3O. The summed E-state index contributed by atoms with van der Waals surface area (Å²) in [6.07, 6.45) is 6.75. The van der Waals surface area contributed by atoms with Crippen LogP contribution in [0.2, 0.25) is 0 Å². The highest BCUT2D eigenvalue weighted by Crippen LogP contribution is 2.23. The van der Waals surface area contributed by atoms with Crippen molar-refractivity contribution in [2.24, 2.45) is 5.92 Å². The molecule has 21 heavy (non-hydrogen) atoms. The second kappa shape index (κ2) is 5.72. The van der Waals surface area contributed by atoms with E-state index in [2.05, 4.69) is 40.9 Å². The highest BCUT2D eigenvalue weighted by atomic mass is 16.1. The third-order valence-electron chi connectivity index (χ3n) is 4.11. The molecule has 0 bridgehead atoms. The minimum atomic E-state index is 0.0834. The lowest BCUT2D eigenvalue weighted by atomic mass is 10.1. The second-order valence-corrected chi connectivity index (χ2v) is 5.46. The average Bonchev–Trinajstić information content (AvgIpc) is 3.13. The third-order valence-corrected chi connectivity index (χ3v) is 4.11. The third kappa shape index (κ3) is 2.58. The van der Waals surface area contributed by atoms with Crippen LogP contribution in [0.25, 0.3) is 11.0 Å². The Balaban J connectivity index is 1.85. The molecule has 0 aliphatic heterocycles. The number of imidazole rings is 1. The molecule has 0 unspecified atom stereocenters. The van der Waals surface area contributed by atoms with E-state index in [-0.39, 0.29) is 11.8 Å². The van der Waals surface area contributed by atoms with Crippen LogP contribution in [0, 0.1) is 5.92 Å². The fourth-order valence-electron chi connectivity index (χ4n) is 2.96. The van der Waals surface area contributed by atoms with Crippen LogP contribution in [0.3, 0.4) is 0 Å². The molecule has 0 spiro atoms. The summed E-state index contributed by atoms with van der Waals surface area (Å²) in [6, 6.07) is 5.99. The Bertz CT molecular complexity index is 691. The van der Waals surface area contributed by atoms with Crippen LogP contribution in [-0.2, 0) is 17.8 Å². The van der Waals surface area contributed by atoms with Crippen molar-refractivity contribution >= 4 is 22.6 Å². The molecule has 1 amide bonds. The minimum Gasteiger partial charge on any atom is -0.328 e.